The number of hydrogen-bond donors (Lipinski definition) is 0. The monoisotopic (exact) mass is 354 g/mol. The Labute approximate surface area is 153 Å². The van der Waals surface area contributed by atoms with E-state index in [-0.39, 0.29) is 11.9 Å². The van der Waals surface area contributed by atoms with Crippen LogP contribution >= 0.6 is 0 Å². The van der Waals surface area contributed by atoms with Gasteiger partial charge in [0.25, 0.3) is 0 Å². The molecule has 2 aromatic rings. The van der Waals surface area contributed by atoms with E-state index in [1.807, 2.05) is 42.5 Å². The summed E-state index contributed by atoms with van der Waals surface area (Å²) < 4.78 is 16.1. The van der Waals surface area contributed by atoms with Gasteiger partial charge in [0.15, 0.2) is 0 Å². The third-order valence-corrected chi connectivity index (χ3v) is 4.43. The minimum atomic E-state index is -0.187. The minimum Gasteiger partial charge on any atom is -0.497 e. The number of carbonyl (C=O) groups excluding carboxylic acids is 1. The van der Waals surface area contributed by atoms with Crippen LogP contribution < -0.4 is 14.2 Å². The molecule has 0 spiro atoms. The van der Waals surface area contributed by atoms with Crippen molar-refractivity contribution in [3.63, 3.8) is 0 Å². The van der Waals surface area contributed by atoms with Gasteiger partial charge >= 0.3 is 0 Å². The fourth-order valence-corrected chi connectivity index (χ4v) is 3.11. The Morgan fingerprint density at radius 2 is 1.77 bits per heavy atom. The molecule has 136 valence electrons. The number of benzene rings is 2. The summed E-state index contributed by atoms with van der Waals surface area (Å²) in [5.41, 5.74) is 2.58. The van der Waals surface area contributed by atoms with E-state index in [4.69, 9.17) is 14.2 Å². The molecule has 0 saturated heterocycles. The normalized spacial score (nSPS) is 16.2. The molecule has 1 aliphatic heterocycles. The Balaban J connectivity index is 2.00. The second-order valence-corrected chi connectivity index (χ2v) is 5.97. The maximum Gasteiger partial charge on any atom is 0.240 e. The lowest BCUT2D eigenvalue weighted by Gasteiger charge is -2.20. The summed E-state index contributed by atoms with van der Waals surface area (Å²) in [6.45, 7) is 1.52. The van der Waals surface area contributed by atoms with Gasteiger partial charge in [-0.3, -0.25) is 4.79 Å². The predicted molar refractivity (Wildman–Crippen MR) is 99.0 cm³/mol. The first kappa shape index (κ1) is 17.8. The molecule has 1 amide bonds. The topological polar surface area (TPSA) is 60.4 Å². The lowest BCUT2D eigenvalue weighted by Crippen LogP contribution is -2.24. The van der Waals surface area contributed by atoms with Gasteiger partial charge in [0.05, 0.1) is 33.1 Å². The summed E-state index contributed by atoms with van der Waals surface area (Å²) in [5.74, 6) is 2.04. The van der Waals surface area contributed by atoms with Gasteiger partial charge in [0.1, 0.15) is 17.2 Å². The molecule has 6 nitrogen and oxygen atoms in total. The zero-order valence-electron chi connectivity index (χ0n) is 15.4. The van der Waals surface area contributed by atoms with Crippen molar-refractivity contribution in [2.75, 3.05) is 21.3 Å². The van der Waals surface area contributed by atoms with Crippen LogP contribution in [-0.2, 0) is 4.79 Å². The standard InChI is InChI=1S/C20H22N2O4/c1-13(23)22-19(14-6-5-7-15(10-14)24-2)12-18(21-22)17-11-16(25-3)8-9-20(17)26-4/h5-11,19H,12H2,1-4H3. The second kappa shape index (κ2) is 7.47. The van der Waals surface area contributed by atoms with E-state index < -0.39 is 0 Å². The summed E-state index contributed by atoms with van der Waals surface area (Å²) in [7, 11) is 4.85. The van der Waals surface area contributed by atoms with E-state index in [2.05, 4.69) is 5.10 Å². The molecule has 1 aliphatic rings. The fourth-order valence-electron chi connectivity index (χ4n) is 3.11. The van der Waals surface area contributed by atoms with Gasteiger partial charge in [0, 0.05) is 18.9 Å². The third-order valence-electron chi connectivity index (χ3n) is 4.43. The van der Waals surface area contributed by atoms with Gasteiger partial charge in [-0.15, -0.1) is 0 Å². The average Bonchev–Trinajstić information content (AvgIpc) is 3.13. The summed E-state index contributed by atoms with van der Waals surface area (Å²) >= 11 is 0. The largest absolute Gasteiger partial charge is 0.497 e. The van der Waals surface area contributed by atoms with Crippen LogP contribution in [0.15, 0.2) is 47.6 Å². The number of hydrazone groups is 1. The first-order valence-electron chi connectivity index (χ1n) is 8.31. The molecule has 0 fully saturated rings. The zero-order chi connectivity index (χ0) is 18.7. The van der Waals surface area contributed by atoms with Crippen molar-refractivity contribution in [1.29, 1.82) is 0 Å². The van der Waals surface area contributed by atoms with Crippen molar-refractivity contribution < 1.29 is 19.0 Å². The number of amides is 1. The van der Waals surface area contributed by atoms with Crippen molar-refractivity contribution >= 4 is 11.6 Å². The number of nitrogens with zero attached hydrogens (tertiary/aromatic N) is 2. The van der Waals surface area contributed by atoms with Crippen molar-refractivity contribution in [2.24, 2.45) is 5.10 Å². The first-order chi connectivity index (χ1) is 12.6. The summed E-state index contributed by atoms with van der Waals surface area (Å²) in [5, 5.41) is 6.10. The number of rotatable bonds is 5. The number of methoxy groups -OCH3 is 3. The number of ether oxygens (including phenoxy) is 3. The molecule has 1 unspecified atom stereocenters. The summed E-state index contributed by atoms with van der Waals surface area (Å²) in [6, 6.07) is 13.1. The van der Waals surface area contributed by atoms with Crippen LogP contribution in [-0.4, -0.2) is 38.0 Å². The van der Waals surface area contributed by atoms with Gasteiger partial charge in [0.2, 0.25) is 5.91 Å². The zero-order valence-corrected chi connectivity index (χ0v) is 15.4. The molecule has 0 aliphatic carbocycles. The van der Waals surface area contributed by atoms with Crippen LogP contribution in [0.1, 0.15) is 30.5 Å². The molecule has 2 aromatic carbocycles. The molecule has 6 heteroatoms. The first-order valence-corrected chi connectivity index (χ1v) is 8.31. The fraction of sp³-hybridized carbons (Fsp3) is 0.300. The van der Waals surface area contributed by atoms with E-state index in [9.17, 15) is 4.79 Å². The lowest BCUT2D eigenvalue weighted by molar-refractivity contribution is -0.130. The van der Waals surface area contributed by atoms with Crippen LogP contribution in [0.2, 0.25) is 0 Å². The predicted octanol–water partition coefficient (Wildman–Crippen LogP) is 3.41. The van der Waals surface area contributed by atoms with Crippen LogP contribution in [0.3, 0.4) is 0 Å². The highest BCUT2D eigenvalue weighted by atomic mass is 16.5. The molecule has 0 aromatic heterocycles. The van der Waals surface area contributed by atoms with Crippen molar-refractivity contribution in [3.8, 4) is 17.2 Å². The summed E-state index contributed by atoms with van der Waals surface area (Å²) in [4.78, 5) is 12.2. The molecule has 0 N–H and O–H groups in total. The Bertz CT molecular complexity index is 847. The Kier molecular flexibility index (Phi) is 5.11. The van der Waals surface area contributed by atoms with Crippen molar-refractivity contribution in [2.45, 2.75) is 19.4 Å². The maximum absolute atomic E-state index is 12.2. The molecule has 0 bridgehead atoms. The molecule has 0 radical (unpaired) electrons. The molecular weight excluding hydrogens is 332 g/mol. The quantitative estimate of drug-likeness (QED) is 0.826. The second-order valence-electron chi connectivity index (χ2n) is 5.97. The number of carbonyl (C=O) groups is 1. The van der Waals surface area contributed by atoms with Crippen molar-refractivity contribution in [3.05, 3.63) is 53.6 Å². The molecular formula is C20H22N2O4. The smallest absolute Gasteiger partial charge is 0.240 e. The molecule has 3 rings (SSSR count). The lowest BCUT2D eigenvalue weighted by atomic mass is 9.97. The van der Waals surface area contributed by atoms with Crippen LogP contribution in [0.5, 0.6) is 17.2 Å². The Morgan fingerprint density at radius 1 is 1.04 bits per heavy atom. The van der Waals surface area contributed by atoms with E-state index in [0.717, 1.165) is 22.6 Å². The van der Waals surface area contributed by atoms with Crippen LogP contribution in [0.25, 0.3) is 0 Å². The Morgan fingerprint density at radius 3 is 2.42 bits per heavy atom. The van der Waals surface area contributed by atoms with Crippen LogP contribution in [0, 0.1) is 0 Å². The third kappa shape index (κ3) is 3.35. The van der Waals surface area contributed by atoms with E-state index in [1.54, 1.807) is 21.3 Å². The Hall–Kier alpha value is -3.02. The van der Waals surface area contributed by atoms with Gasteiger partial charge in [-0.05, 0) is 35.9 Å². The number of hydrogen-bond acceptors (Lipinski definition) is 5. The summed E-state index contributed by atoms with van der Waals surface area (Å²) in [6.07, 6.45) is 0.580. The van der Waals surface area contributed by atoms with Gasteiger partial charge in [-0.1, -0.05) is 12.1 Å². The van der Waals surface area contributed by atoms with Crippen molar-refractivity contribution in [1.82, 2.24) is 5.01 Å². The van der Waals surface area contributed by atoms with Gasteiger partial charge in [-0.2, -0.15) is 5.10 Å². The SMILES string of the molecule is COc1cccc(C2CC(c3cc(OC)ccc3OC)=NN2C(C)=O)c1. The molecule has 1 atom stereocenters. The minimum absolute atomic E-state index is 0.116. The average molecular weight is 354 g/mol. The van der Waals surface area contributed by atoms with E-state index >= 15 is 0 Å². The highest BCUT2D eigenvalue weighted by Crippen LogP contribution is 2.37. The molecule has 1 heterocycles. The highest BCUT2D eigenvalue weighted by molar-refractivity contribution is 6.05. The van der Waals surface area contributed by atoms with Gasteiger partial charge < -0.3 is 14.2 Å². The molecule has 26 heavy (non-hydrogen) atoms. The van der Waals surface area contributed by atoms with Crippen LogP contribution in [0.4, 0.5) is 0 Å². The molecule has 0 saturated carbocycles. The van der Waals surface area contributed by atoms with E-state index in [1.165, 1.54) is 11.9 Å². The van der Waals surface area contributed by atoms with E-state index in [0.29, 0.717) is 17.9 Å². The van der Waals surface area contributed by atoms with Gasteiger partial charge in [-0.25, -0.2) is 5.01 Å². The highest BCUT2D eigenvalue weighted by Gasteiger charge is 2.32. The maximum atomic E-state index is 12.2.